The number of hydrogen-bond donors (Lipinski definition) is 1. The van der Waals surface area contributed by atoms with Gasteiger partial charge in [0, 0.05) is 24.7 Å². The monoisotopic (exact) mass is 483 g/mol. The van der Waals surface area contributed by atoms with Gasteiger partial charge >= 0.3 is 5.69 Å². The number of carbonyl (C=O) groups is 2. The number of aryl methyl sites for hydroxylation is 1. The maximum atomic E-state index is 13.2. The molecule has 35 heavy (non-hydrogen) atoms. The maximum Gasteiger partial charge on any atom is 0.311 e. The fourth-order valence-corrected chi connectivity index (χ4v) is 4.17. The van der Waals surface area contributed by atoms with E-state index in [-0.39, 0.29) is 48.2 Å². The summed E-state index contributed by atoms with van der Waals surface area (Å²) in [6.45, 7) is 3.64. The molecule has 1 atom stereocenters. The highest BCUT2D eigenvalue weighted by Gasteiger charge is 2.28. The van der Waals surface area contributed by atoms with Crippen molar-refractivity contribution < 1.29 is 24.0 Å². The molecule has 2 amide bonds. The van der Waals surface area contributed by atoms with Crippen molar-refractivity contribution in [2.75, 3.05) is 13.7 Å². The zero-order valence-electron chi connectivity index (χ0n) is 20.5. The van der Waals surface area contributed by atoms with Gasteiger partial charge in [0.05, 0.1) is 12.0 Å². The first-order valence-electron chi connectivity index (χ1n) is 11.9. The number of hydrogen-bond acceptors (Lipinski definition) is 6. The smallest absolute Gasteiger partial charge is 0.311 e. The van der Waals surface area contributed by atoms with E-state index in [0.29, 0.717) is 0 Å². The Balaban J connectivity index is 1.73. The summed E-state index contributed by atoms with van der Waals surface area (Å²) in [6.07, 6.45) is 5.28. The highest BCUT2D eigenvalue weighted by atomic mass is 16.6. The van der Waals surface area contributed by atoms with E-state index in [1.54, 1.807) is 6.92 Å². The van der Waals surface area contributed by atoms with E-state index in [4.69, 9.17) is 9.47 Å². The molecule has 1 N–H and O–H groups in total. The van der Waals surface area contributed by atoms with Crippen LogP contribution in [0.2, 0.25) is 0 Å². The second kappa shape index (κ2) is 12.2. The predicted octanol–water partition coefficient (Wildman–Crippen LogP) is 4.16. The Morgan fingerprint density at radius 2 is 1.83 bits per heavy atom. The lowest BCUT2D eigenvalue weighted by Gasteiger charge is -2.31. The number of benzene rings is 2. The molecule has 0 aromatic heterocycles. The summed E-state index contributed by atoms with van der Waals surface area (Å²) in [6, 6.07) is 11.3. The normalized spacial score (nSPS) is 14.6. The second-order valence-corrected chi connectivity index (χ2v) is 8.91. The molecule has 188 valence electrons. The number of ether oxygens (including phenoxy) is 2. The number of nitro benzene ring substituents is 1. The van der Waals surface area contributed by atoms with Crippen molar-refractivity contribution in [1.82, 2.24) is 10.2 Å². The molecule has 1 fully saturated rings. The minimum atomic E-state index is -0.694. The number of carbonyl (C=O) groups excluding carboxylic acids is 2. The molecule has 2 aromatic rings. The Labute approximate surface area is 205 Å². The van der Waals surface area contributed by atoms with Crippen LogP contribution in [0.3, 0.4) is 0 Å². The summed E-state index contributed by atoms with van der Waals surface area (Å²) in [7, 11) is 1.33. The van der Waals surface area contributed by atoms with Crippen molar-refractivity contribution in [1.29, 1.82) is 0 Å². The molecule has 2 aromatic carbocycles. The predicted molar refractivity (Wildman–Crippen MR) is 131 cm³/mol. The average molecular weight is 484 g/mol. The van der Waals surface area contributed by atoms with E-state index in [0.717, 1.165) is 36.8 Å². The fraction of sp³-hybridized carbons (Fsp3) is 0.462. The van der Waals surface area contributed by atoms with Gasteiger partial charge in [-0.25, -0.2) is 0 Å². The van der Waals surface area contributed by atoms with Crippen LogP contribution in [-0.2, 0) is 16.1 Å². The Hall–Kier alpha value is -3.62. The van der Waals surface area contributed by atoms with Gasteiger partial charge in [0.2, 0.25) is 11.7 Å². The quantitative estimate of drug-likeness (QED) is 0.401. The third-order valence-electron chi connectivity index (χ3n) is 6.30. The van der Waals surface area contributed by atoms with Gasteiger partial charge < -0.3 is 19.7 Å². The summed E-state index contributed by atoms with van der Waals surface area (Å²) in [5, 5.41) is 14.2. The van der Waals surface area contributed by atoms with Gasteiger partial charge in [0.1, 0.15) is 11.8 Å². The summed E-state index contributed by atoms with van der Waals surface area (Å²) < 4.78 is 10.7. The van der Waals surface area contributed by atoms with Gasteiger partial charge in [-0.3, -0.25) is 19.7 Å². The van der Waals surface area contributed by atoms with Crippen LogP contribution in [0.4, 0.5) is 5.69 Å². The van der Waals surface area contributed by atoms with Crippen LogP contribution in [-0.4, -0.2) is 47.4 Å². The number of nitrogens with one attached hydrogen (secondary N) is 1. The molecule has 9 nitrogen and oxygen atoms in total. The van der Waals surface area contributed by atoms with Crippen LogP contribution in [0.25, 0.3) is 0 Å². The molecular weight excluding hydrogens is 450 g/mol. The topological polar surface area (TPSA) is 111 Å². The van der Waals surface area contributed by atoms with Crippen LogP contribution in [0.15, 0.2) is 42.5 Å². The lowest BCUT2D eigenvalue weighted by Crippen LogP contribution is -2.51. The summed E-state index contributed by atoms with van der Waals surface area (Å²) in [5.74, 6) is -0.254. The third kappa shape index (κ3) is 7.18. The van der Waals surface area contributed by atoms with E-state index in [9.17, 15) is 19.7 Å². The highest BCUT2D eigenvalue weighted by molar-refractivity contribution is 5.88. The number of nitro groups is 1. The minimum Gasteiger partial charge on any atom is -0.490 e. The molecule has 1 aliphatic carbocycles. The summed E-state index contributed by atoms with van der Waals surface area (Å²) in [5.41, 5.74) is 1.81. The lowest BCUT2D eigenvalue weighted by molar-refractivity contribution is -0.385. The first-order chi connectivity index (χ1) is 16.8. The Bertz CT molecular complexity index is 1030. The van der Waals surface area contributed by atoms with Crippen molar-refractivity contribution >= 4 is 17.5 Å². The SMILES string of the molecule is COc1cc(OCC(=O)N(Cc2ccc(C)cc2)[C@@H](C)C(=O)NC2CCCCC2)ccc1[N+](=O)[O-]. The molecule has 0 unspecified atom stereocenters. The van der Waals surface area contributed by atoms with Crippen LogP contribution in [0.5, 0.6) is 11.5 Å². The van der Waals surface area contributed by atoms with E-state index < -0.39 is 11.0 Å². The van der Waals surface area contributed by atoms with Crippen LogP contribution >= 0.6 is 0 Å². The number of methoxy groups -OCH3 is 1. The molecule has 1 saturated carbocycles. The first kappa shape index (κ1) is 26.0. The Morgan fingerprint density at radius 3 is 2.46 bits per heavy atom. The summed E-state index contributed by atoms with van der Waals surface area (Å²) >= 11 is 0. The molecule has 0 spiro atoms. The second-order valence-electron chi connectivity index (χ2n) is 8.91. The van der Waals surface area contributed by atoms with Crippen LogP contribution in [0.1, 0.15) is 50.2 Å². The lowest BCUT2D eigenvalue weighted by atomic mass is 9.95. The van der Waals surface area contributed by atoms with E-state index in [1.165, 1.54) is 36.6 Å². The van der Waals surface area contributed by atoms with Crippen molar-refractivity contribution in [2.24, 2.45) is 0 Å². The standard InChI is InChI=1S/C26H33N3O6/c1-18-9-11-20(12-10-18)16-28(19(2)26(31)27-21-7-5-4-6-8-21)25(30)17-35-22-13-14-23(29(32)33)24(15-22)34-3/h9-15,19,21H,4-8,16-17H2,1-3H3,(H,27,31)/t19-/m0/s1. The molecule has 0 aliphatic heterocycles. The summed E-state index contributed by atoms with van der Waals surface area (Å²) in [4.78, 5) is 38.3. The molecule has 3 rings (SSSR count). The fourth-order valence-electron chi connectivity index (χ4n) is 4.17. The van der Waals surface area contributed by atoms with Gasteiger partial charge in [0.25, 0.3) is 5.91 Å². The van der Waals surface area contributed by atoms with Gasteiger partial charge in [-0.15, -0.1) is 0 Å². The molecule has 9 heteroatoms. The number of rotatable bonds is 10. The van der Waals surface area contributed by atoms with Crippen molar-refractivity contribution in [3.63, 3.8) is 0 Å². The number of amides is 2. The molecular formula is C26H33N3O6. The highest BCUT2D eigenvalue weighted by Crippen LogP contribution is 2.30. The van der Waals surface area contributed by atoms with Crippen molar-refractivity contribution in [3.8, 4) is 11.5 Å². The third-order valence-corrected chi connectivity index (χ3v) is 6.30. The van der Waals surface area contributed by atoms with Crippen molar-refractivity contribution in [3.05, 3.63) is 63.7 Å². The molecule has 0 saturated heterocycles. The minimum absolute atomic E-state index is 0.0386. The van der Waals surface area contributed by atoms with E-state index in [1.807, 2.05) is 31.2 Å². The van der Waals surface area contributed by atoms with Gasteiger partial charge in [-0.1, -0.05) is 49.1 Å². The molecule has 1 aliphatic rings. The van der Waals surface area contributed by atoms with Gasteiger partial charge in [-0.2, -0.15) is 0 Å². The van der Waals surface area contributed by atoms with Crippen molar-refractivity contribution in [2.45, 2.75) is 64.6 Å². The maximum absolute atomic E-state index is 13.2. The largest absolute Gasteiger partial charge is 0.490 e. The Kier molecular flexibility index (Phi) is 9.05. The van der Waals surface area contributed by atoms with Gasteiger partial charge in [-0.05, 0) is 38.3 Å². The molecule has 0 radical (unpaired) electrons. The molecule has 0 heterocycles. The first-order valence-corrected chi connectivity index (χ1v) is 11.9. The zero-order chi connectivity index (χ0) is 25.4. The Morgan fingerprint density at radius 1 is 1.14 bits per heavy atom. The number of nitrogens with zero attached hydrogens (tertiary/aromatic N) is 2. The van der Waals surface area contributed by atoms with E-state index in [2.05, 4.69) is 5.32 Å². The molecule has 0 bridgehead atoms. The van der Waals surface area contributed by atoms with Gasteiger partial charge in [0.15, 0.2) is 6.61 Å². The zero-order valence-corrected chi connectivity index (χ0v) is 20.5. The average Bonchev–Trinajstić information content (AvgIpc) is 2.86. The van der Waals surface area contributed by atoms with Crippen LogP contribution in [0, 0.1) is 17.0 Å². The van der Waals surface area contributed by atoms with E-state index >= 15 is 0 Å². The van der Waals surface area contributed by atoms with Crippen LogP contribution < -0.4 is 14.8 Å².